The van der Waals surface area contributed by atoms with Crippen molar-refractivity contribution in [2.45, 2.75) is 19.3 Å². The third-order valence-corrected chi connectivity index (χ3v) is 4.27. The maximum absolute atomic E-state index is 12.3. The number of hydrogen-bond donors (Lipinski definition) is 1. The lowest BCUT2D eigenvalue weighted by molar-refractivity contribution is -0.384. The second-order valence-corrected chi connectivity index (χ2v) is 6.16. The second-order valence-electron chi connectivity index (χ2n) is 6.16. The molecule has 1 heterocycles. The smallest absolute Gasteiger partial charge is 0.273 e. The molecule has 0 aliphatic carbocycles. The quantitative estimate of drug-likeness (QED) is 0.632. The average molecular weight is 355 g/mol. The van der Waals surface area contributed by atoms with Crippen LogP contribution in [-0.2, 0) is 4.79 Å². The highest BCUT2D eigenvalue weighted by Crippen LogP contribution is 2.28. The van der Waals surface area contributed by atoms with Crippen molar-refractivity contribution in [3.05, 3.63) is 58.6 Å². The average Bonchev–Trinajstić information content (AvgIpc) is 2.68. The molecule has 1 aliphatic rings. The lowest BCUT2D eigenvalue weighted by Gasteiger charge is -2.30. The lowest BCUT2D eigenvalue weighted by atomic mass is 10.1. The molecule has 7 heteroatoms. The first kappa shape index (κ1) is 17.7. The molecule has 1 saturated heterocycles. The fourth-order valence-corrected chi connectivity index (χ4v) is 3.01. The van der Waals surface area contributed by atoms with E-state index in [-0.39, 0.29) is 18.2 Å². The van der Waals surface area contributed by atoms with Gasteiger partial charge in [-0.3, -0.25) is 14.9 Å². The van der Waals surface area contributed by atoms with Crippen LogP contribution in [0.3, 0.4) is 0 Å². The Kier molecular flexibility index (Phi) is 5.68. The first-order chi connectivity index (χ1) is 12.6. The minimum Gasteiger partial charge on any atom is -0.484 e. The molecule has 0 bridgehead atoms. The summed E-state index contributed by atoms with van der Waals surface area (Å²) in [6, 6.07) is 13.5. The van der Waals surface area contributed by atoms with E-state index in [1.165, 1.54) is 24.6 Å². The summed E-state index contributed by atoms with van der Waals surface area (Å²) < 4.78 is 5.39. The van der Waals surface area contributed by atoms with Crippen LogP contribution in [0.15, 0.2) is 48.5 Å². The van der Waals surface area contributed by atoms with Gasteiger partial charge in [-0.25, -0.2) is 0 Å². The number of nitrogens with one attached hydrogen (secondary N) is 1. The van der Waals surface area contributed by atoms with E-state index < -0.39 is 4.92 Å². The Hall–Kier alpha value is -3.09. The van der Waals surface area contributed by atoms with Crippen LogP contribution < -0.4 is 15.0 Å². The molecule has 7 nitrogen and oxygen atoms in total. The normalized spacial score (nSPS) is 13.9. The molecular weight excluding hydrogens is 334 g/mol. The van der Waals surface area contributed by atoms with E-state index in [1.807, 2.05) is 24.3 Å². The molecule has 0 spiro atoms. The van der Waals surface area contributed by atoms with Crippen LogP contribution in [0, 0.1) is 10.1 Å². The summed E-state index contributed by atoms with van der Waals surface area (Å²) in [5, 5.41) is 13.7. The molecule has 1 N–H and O–H groups in total. The molecule has 1 aliphatic heterocycles. The number of benzene rings is 2. The number of anilines is 2. The third-order valence-electron chi connectivity index (χ3n) is 4.27. The van der Waals surface area contributed by atoms with Crippen molar-refractivity contribution in [3.8, 4) is 5.75 Å². The number of nitrogens with zero attached hydrogens (tertiary/aromatic N) is 2. The Bertz CT molecular complexity index is 788. The number of rotatable bonds is 6. The first-order valence-corrected chi connectivity index (χ1v) is 8.64. The summed E-state index contributed by atoms with van der Waals surface area (Å²) in [5.74, 6) is -0.0142. The number of piperidine rings is 1. The fraction of sp³-hybridized carbons (Fsp3) is 0.316. The first-order valence-electron chi connectivity index (χ1n) is 8.64. The maximum atomic E-state index is 12.3. The highest BCUT2D eigenvalue weighted by Gasteiger charge is 2.16. The molecule has 26 heavy (non-hydrogen) atoms. The zero-order valence-corrected chi connectivity index (χ0v) is 14.4. The van der Waals surface area contributed by atoms with Crippen molar-refractivity contribution in [1.82, 2.24) is 0 Å². The number of nitro groups is 1. The van der Waals surface area contributed by atoms with Gasteiger partial charge < -0.3 is 15.0 Å². The van der Waals surface area contributed by atoms with Crippen LogP contribution in [-0.4, -0.2) is 30.5 Å². The Morgan fingerprint density at radius 1 is 1.12 bits per heavy atom. The van der Waals surface area contributed by atoms with E-state index in [4.69, 9.17) is 4.74 Å². The highest BCUT2D eigenvalue weighted by molar-refractivity contribution is 5.95. The van der Waals surface area contributed by atoms with Gasteiger partial charge in [-0.2, -0.15) is 0 Å². The largest absolute Gasteiger partial charge is 0.484 e. The van der Waals surface area contributed by atoms with E-state index in [1.54, 1.807) is 6.07 Å². The van der Waals surface area contributed by atoms with E-state index >= 15 is 0 Å². The van der Waals surface area contributed by atoms with Gasteiger partial charge in [0.2, 0.25) is 0 Å². The highest BCUT2D eigenvalue weighted by atomic mass is 16.6. The lowest BCUT2D eigenvalue weighted by Crippen LogP contribution is -2.30. The van der Waals surface area contributed by atoms with Gasteiger partial charge in [0.15, 0.2) is 6.61 Å². The Morgan fingerprint density at radius 2 is 1.88 bits per heavy atom. The molecule has 0 saturated carbocycles. The number of hydrogen-bond acceptors (Lipinski definition) is 5. The summed E-state index contributed by atoms with van der Waals surface area (Å²) >= 11 is 0. The van der Waals surface area contributed by atoms with Crippen LogP contribution in [0.4, 0.5) is 17.1 Å². The minimum absolute atomic E-state index is 0.0710. The van der Waals surface area contributed by atoms with E-state index in [9.17, 15) is 14.9 Å². The predicted molar refractivity (Wildman–Crippen MR) is 99.7 cm³/mol. The van der Waals surface area contributed by atoms with E-state index in [0.29, 0.717) is 5.75 Å². The van der Waals surface area contributed by atoms with Crippen LogP contribution in [0.5, 0.6) is 5.75 Å². The second kappa shape index (κ2) is 8.33. The fourth-order valence-electron chi connectivity index (χ4n) is 3.01. The number of ether oxygens (including phenoxy) is 1. The molecule has 0 radical (unpaired) electrons. The van der Waals surface area contributed by atoms with Crippen LogP contribution >= 0.6 is 0 Å². The van der Waals surface area contributed by atoms with Gasteiger partial charge in [0.25, 0.3) is 11.6 Å². The van der Waals surface area contributed by atoms with Gasteiger partial charge in [0.1, 0.15) is 5.75 Å². The summed E-state index contributed by atoms with van der Waals surface area (Å²) in [7, 11) is 0. The molecule has 136 valence electrons. The van der Waals surface area contributed by atoms with Crippen molar-refractivity contribution in [2.24, 2.45) is 0 Å². The van der Waals surface area contributed by atoms with Crippen molar-refractivity contribution < 1.29 is 14.5 Å². The summed E-state index contributed by atoms with van der Waals surface area (Å²) in [6.07, 6.45) is 3.54. The zero-order chi connectivity index (χ0) is 18.4. The molecule has 1 fully saturated rings. The van der Waals surface area contributed by atoms with Gasteiger partial charge >= 0.3 is 0 Å². The third kappa shape index (κ3) is 4.50. The molecule has 0 unspecified atom stereocenters. The summed E-state index contributed by atoms with van der Waals surface area (Å²) in [4.78, 5) is 24.8. The van der Waals surface area contributed by atoms with E-state index in [0.717, 1.165) is 37.3 Å². The number of carbonyl (C=O) groups excluding carboxylic acids is 1. The van der Waals surface area contributed by atoms with Gasteiger partial charge in [0.05, 0.1) is 22.4 Å². The monoisotopic (exact) mass is 355 g/mol. The SMILES string of the molecule is O=C(COc1cccc([N+](=O)[O-])c1)Nc1ccccc1N1CCCCC1. The number of amides is 1. The molecule has 2 aromatic rings. The molecule has 0 aromatic heterocycles. The molecule has 1 amide bonds. The number of para-hydroxylation sites is 2. The van der Waals surface area contributed by atoms with Crippen LogP contribution in [0.25, 0.3) is 0 Å². The van der Waals surface area contributed by atoms with Crippen molar-refractivity contribution in [1.29, 1.82) is 0 Å². The summed E-state index contributed by atoms with van der Waals surface area (Å²) in [5.41, 5.74) is 1.69. The van der Waals surface area contributed by atoms with Gasteiger partial charge in [-0.1, -0.05) is 18.2 Å². The van der Waals surface area contributed by atoms with Gasteiger partial charge in [0, 0.05) is 19.2 Å². The van der Waals surface area contributed by atoms with Crippen LogP contribution in [0.1, 0.15) is 19.3 Å². The number of carbonyl (C=O) groups is 1. The zero-order valence-electron chi connectivity index (χ0n) is 14.4. The predicted octanol–water partition coefficient (Wildman–Crippen LogP) is 3.60. The Morgan fingerprint density at radius 3 is 2.65 bits per heavy atom. The standard InChI is InChI=1S/C19H21N3O4/c23-19(14-26-16-8-6-7-15(13-16)22(24)25)20-17-9-2-3-10-18(17)21-11-4-1-5-12-21/h2-3,6-10,13H,1,4-5,11-12,14H2,(H,20,23). The van der Waals surface area contributed by atoms with Crippen molar-refractivity contribution in [3.63, 3.8) is 0 Å². The van der Waals surface area contributed by atoms with Crippen molar-refractivity contribution in [2.75, 3.05) is 29.9 Å². The van der Waals surface area contributed by atoms with E-state index in [2.05, 4.69) is 10.2 Å². The number of non-ortho nitro benzene ring substituents is 1. The van der Waals surface area contributed by atoms with Crippen molar-refractivity contribution >= 4 is 23.0 Å². The topological polar surface area (TPSA) is 84.7 Å². The van der Waals surface area contributed by atoms with Crippen LogP contribution in [0.2, 0.25) is 0 Å². The van der Waals surface area contributed by atoms with Gasteiger partial charge in [-0.05, 0) is 37.5 Å². The Labute approximate surface area is 151 Å². The molecule has 0 atom stereocenters. The maximum Gasteiger partial charge on any atom is 0.273 e. The molecule has 2 aromatic carbocycles. The minimum atomic E-state index is -0.498. The molecular formula is C19H21N3O4. The summed E-state index contributed by atoms with van der Waals surface area (Å²) in [6.45, 7) is 1.75. The Balaban J connectivity index is 1.62. The number of nitro benzene ring substituents is 1. The molecule has 3 rings (SSSR count). The van der Waals surface area contributed by atoms with Gasteiger partial charge in [-0.15, -0.1) is 0 Å².